The third-order valence-electron chi connectivity index (χ3n) is 2.54. The second-order valence-electron chi connectivity index (χ2n) is 4.22. The highest BCUT2D eigenvalue weighted by molar-refractivity contribution is 6.42. The molecule has 6 heteroatoms. The van der Waals surface area contributed by atoms with Crippen molar-refractivity contribution in [2.45, 2.75) is 19.9 Å². The standard InChI is InChI=1S/C14H15Cl2N3O/c1-2-7-17-9-10-3-6-14(19-18-10)20-11-4-5-12(15)13(16)8-11/h3-6,8,17H,2,7,9H2,1H3. The smallest absolute Gasteiger partial charge is 0.238 e. The zero-order valence-corrected chi connectivity index (χ0v) is 12.6. The Balaban J connectivity index is 1.97. The number of hydrogen-bond acceptors (Lipinski definition) is 4. The first-order valence-electron chi connectivity index (χ1n) is 6.35. The van der Waals surface area contributed by atoms with Crippen LogP contribution in [0.15, 0.2) is 30.3 Å². The number of aromatic nitrogens is 2. The van der Waals surface area contributed by atoms with Gasteiger partial charge in [-0.15, -0.1) is 5.10 Å². The predicted molar refractivity (Wildman–Crippen MR) is 80.6 cm³/mol. The molecule has 0 fully saturated rings. The Bertz CT molecular complexity index is 561. The highest BCUT2D eigenvalue weighted by atomic mass is 35.5. The lowest BCUT2D eigenvalue weighted by Crippen LogP contribution is -2.15. The number of nitrogens with one attached hydrogen (secondary N) is 1. The maximum atomic E-state index is 5.92. The average Bonchev–Trinajstić information content (AvgIpc) is 2.45. The molecule has 0 atom stereocenters. The summed E-state index contributed by atoms with van der Waals surface area (Å²) in [7, 11) is 0. The molecule has 0 bridgehead atoms. The van der Waals surface area contributed by atoms with Crippen LogP contribution in [0, 0.1) is 0 Å². The van der Waals surface area contributed by atoms with Gasteiger partial charge in [0, 0.05) is 18.7 Å². The first-order valence-corrected chi connectivity index (χ1v) is 7.11. The van der Waals surface area contributed by atoms with Crippen molar-refractivity contribution in [2.24, 2.45) is 0 Å². The molecule has 1 heterocycles. The summed E-state index contributed by atoms with van der Waals surface area (Å²) < 4.78 is 5.56. The van der Waals surface area contributed by atoms with Gasteiger partial charge in [-0.3, -0.25) is 0 Å². The lowest BCUT2D eigenvalue weighted by atomic mass is 10.3. The molecule has 1 aromatic heterocycles. The summed E-state index contributed by atoms with van der Waals surface area (Å²) in [6.07, 6.45) is 1.09. The normalized spacial score (nSPS) is 10.6. The van der Waals surface area contributed by atoms with E-state index in [4.69, 9.17) is 27.9 Å². The molecule has 0 amide bonds. The largest absolute Gasteiger partial charge is 0.437 e. The van der Waals surface area contributed by atoms with Crippen LogP contribution >= 0.6 is 23.2 Å². The first-order chi connectivity index (χ1) is 9.69. The van der Waals surface area contributed by atoms with E-state index in [0.29, 0.717) is 28.2 Å². The van der Waals surface area contributed by atoms with Gasteiger partial charge in [0.2, 0.25) is 5.88 Å². The van der Waals surface area contributed by atoms with Gasteiger partial charge in [0.05, 0.1) is 15.7 Å². The number of halogens is 2. The van der Waals surface area contributed by atoms with Crippen LogP contribution in [0.4, 0.5) is 0 Å². The molecular weight excluding hydrogens is 297 g/mol. The predicted octanol–water partition coefficient (Wildman–Crippen LogP) is 4.08. The number of hydrogen-bond donors (Lipinski definition) is 1. The average molecular weight is 312 g/mol. The highest BCUT2D eigenvalue weighted by Crippen LogP contribution is 2.28. The second-order valence-corrected chi connectivity index (χ2v) is 5.03. The molecule has 0 radical (unpaired) electrons. The number of rotatable bonds is 6. The molecule has 0 aliphatic carbocycles. The van der Waals surface area contributed by atoms with Crippen LogP contribution in [0.5, 0.6) is 11.6 Å². The fraction of sp³-hybridized carbons (Fsp3) is 0.286. The van der Waals surface area contributed by atoms with Crippen LogP contribution in [0.1, 0.15) is 19.0 Å². The molecule has 2 rings (SSSR count). The molecule has 4 nitrogen and oxygen atoms in total. The molecule has 0 saturated heterocycles. The lowest BCUT2D eigenvalue weighted by Gasteiger charge is -2.06. The molecule has 2 aromatic rings. The minimum Gasteiger partial charge on any atom is -0.437 e. The van der Waals surface area contributed by atoms with Gasteiger partial charge in [-0.2, -0.15) is 5.10 Å². The van der Waals surface area contributed by atoms with Crippen LogP contribution in [0.2, 0.25) is 10.0 Å². The van der Waals surface area contributed by atoms with Gasteiger partial charge >= 0.3 is 0 Å². The molecule has 0 aliphatic heterocycles. The zero-order chi connectivity index (χ0) is 14.4. The van der Waals surface area contributed by atoms with E-state index >= 15 is 0 Å². The van der Waals surface area contributed by atoms with Gasteiger partial charge < -0.3 is 10.1 Å². The number of benzene rings is 1. The fourth-order valence-electron chi connectivity index (χ4n) is 1.55. The van der Waals surface area contributed by atoms with Crippen LogP contribution in [0.3, 0.4) is 0 Å². The van der Waals surface area contributed by atoms with Crippen LogP contribution < -0.4 is 10.1 Å². The number of nitrogens with zero attached hydrogens (tertiary/aromatic N) is 2. The van der Waals surface area contributed by atoms with E-state index < -0.39 is 0 Å². The fourth-order valence-corrected chi connectivity index (χ4v) is 1.84. The van der Waals surface area contributed by atoms with Gasteiger partial charge in [0.1, 0.15) is 5.75 Å². The Kier molecular flexibility index (Phi) is 5.59. The molecule has 1 aromatic carbocycles. The SMILES string of the molecule is CCCNCc1ccc(Oc2ccc(Cl)c(Cl)c2)nn1. The van der Waals surface area contributed by atoms with Crippen molar-refractivity contribution in [1.82, 2.24) is 15.5 Å². The van der Waals surface area contributed by atoms with Crippen LogP contribution in [-0.2, 0) is 6.54 Å². The Morgan fingerprint density at radius 1 is 1.10 bits per heavy atom. The summed E-state index contributed by atoms with van der Waals surface area (Å²) in [5, 5.41) is 12.3. The first kappa shape index (κ1) is 15.0. The van der Waals surface area contributed by atoms with Crippen molar-refractivity contribution < 1.29 is 4.74 Å². The lowest BCUT2D eigenvalue weighted by molar-refractivity contribution is 0.453. The van der Waals surface area contributed by atoms with Gasteiger partial charge in [-0.05, 0) is 31.2 Å². The van der Waals surface area contributed by atoms with Gasteiger partial charge in [-0.25, -0.2) is 0 Å². The van der Waals surface area contributed by atoms with Crippen molar-refractivity contribution in [3.63, 3.8) is 0 Å². The Labute approximate surface area is 128 Å². The van der Waals surface area contributed by atoms with E-state index in [1.54, 1.807) is 24.3 Å². The van der Waals surface area contributed by atoms with Gasteiger partial charge in [0.25, 0.3) is 0 Å². The Morgan fingerprint density at radius 2 is 1.95 bits per heavy atom. The molecule has 0 spiro atoms. The molecule has 0 saturated carbocycles. The maximum absolute atomic E-state index is 5.92. The Morgan fingerprint density at radius 3 is 2.60 bits per heavy atom. The summed E-state index contributed by atoms with van der Waals surface area (Å²) in [6.45, 7) is 3.78. The minimum absolute atomic E-state index is 0.419. The molecule has 0 unspecified atom stereocenters. The Hall–Kier alpha value is -1.36. The van der Waals surface area contributed by atoms with E-state index in [-0.39, 0.29) is 0 Å². The van der Waals surface area contributed by atoms with Crippen molar-refractivity contribution in [3.05, 3.63) is 46.1 Å². The maximum Gasteiger partial charge on any atom is 0.238 e. The third kappa shape index (κ3) is 4.34. The van der Waals surface area contributed by atoms with Crippen molar-refractivity contribution in [1.29, 1.82) is 0 Å². The van der Waals surface area contributed by atoms with Crippen molar-refractivity contribution in [2.75, 3.05) is 6.54 Å². The van der Waals surface area contributed by atoms with Gasteiger partial charge in [0.15, 0.2) is 0 Å². The summed E-state index contributed by atoms with van der Waals surface area (Å²) in [5.74, 6) is 0.994. The summed E-state index contributed by atoms with van der Waals surface area (Å²) in [4.78, 5) is 0. The van der Waals surface area contributed by atoms with Crippen molar-refractivity contribution in [3.8, 4) is 11.6 Å². The molecule has 20 heavy (non-hydrogen) atoms. The van der Waals surface area contributed by atoms with E-state index in [0.717, 1.165) is 18.7 Å². The van der Waals surface area contributed by atoms with E-state index in [1.807, 2.05) is 6.07 Å². The molecule has 106 valence electrons. The summed E-state index contributed by atoms with van der Waals surface area (Å²) >= 11 is 11.8. The van der Waals surface area contributed by atoms with Crippen LogP contribution in [0.25, 0.3) is 0 Å². The minimum atomic E-state index is 0.419. The van der Waals surface area contributed by atoms with E-state index in [9.17, 15) is 0 Å². The monoisotopic (exact) mass is 311 g/mol. The zero-order valence-electron chi connectivity index (χ0n) is 11.1. The van der Waals surface area contributed by atoms with Gasteiger partial charge in [-0.1, -0.05) is 30.1 Å². The number of ether oxygens (including phenoxy) is 1. The summed E-state index contributed by atoms with van der Waals surface area (Å²) in [6, 6.07) is 8.70. The van der Waals surface area contributed by atoms with E-state index in [2.05, 4.69) is 22.4 Å². The highest BCUT2D eigenvalue weighted by Gasteiger charge is 2.03. The summed E-state index contributed by atoms with van der Waals surface area (Å²) in [5.41, 5.74) is 0.875. The molecular formula is C14H15Cl2N3O. The molecule has 1 N–H and O–H groups in total. The van der Waals surface area contributed by atoms with Crippen LogP contribution in [-0.4, -0.2) is 16.7 Å². The van der Waals surface area contributed by atoms with Crippen molar-refractivity contribution >= 4 is 23.2 Å². The topological polar surface area (TPSA) is 47.0 Å². The quantitative estimate of drug-likeness (QED) is 0.817. The second kappa shape index (κ2) is 7.43. The third-order valence-corrected chi connectivity index (χ3v) is 3.28. The molecule has 0 aliphatic rings. The van der Waals surface area contributed by atoms with E-state index in [1.165, 1.54) is 0 Å².